The third-order valence-electron chi connectivity index (χ3n) is 10.2. The molecule has 30 heavy (non-hydrogen) atoms. The second kappa shape index (κ2) is 7.33. The molecule has 5 heteroatoms. The van der Waals surface area contributed by atoms with Crippen LogP contribution in [0.1, 0.15) is 79.6 Å². The Morgan fingerprint density at radius 3 is 2.30 bits per heavy atom. The molecule has 0 saturated heterocycles. The maximum absolute atomic E-state index is 9.93. The van der Waals surface area contributed by atoms with E-state index in [1.807, 2.05) is 0 Å². The standard InChI is InChI=1S/C25H43BO3Si/c1-23(2,3)30(6,7)29-18-12-14-24(4)17(16-18)8-9-19-20-10-11-22(26(27)28)25(20,5)15-13-21(19)24/h8,11,18-21,27-28H,9-10,12-16H2,1-7H3/t18-,19?,20?,21?,24-,25-/m0/s1. The summed E-state index contributed by atoms with van der Waals surface area (Å²) < 4.78 is 6.83. The molecule has 0 radical (unpaired) electrons. The molecule has 4 aliphatic rings. The van der Waals surface area contributed by atoms with E-state index < -0.39 is 15.4 Å². The Kier molecular flexibility index (Phi) is 5.58. The first kappa shape index (κ1) is 22.8. The van der Waals surface area contributed by atoms with E-state index in [0.717, 1.165) is 37.1 Å². The van der Waals surface area contributed by atoms with Crippen LogP contribution in [-0.2, 0) is 4.43 Å². The van der Waals surface area contributed by atoms with Gasteiger partial charge >= 0.3 is 7.12 Å². The van der Waals surface area contributed by atoms with Crippen LogP contribution >= 0.6 is 0 Å². The van der Waals surface area contributed by atoms with Crippen molar-refractivity contribution < 1.29 is 14.5 Å². The minimum Gasteiger partial charge on any atom is -0.423 e. The Morgan fingerprint density at radius 2 is 1.67 bits per heavy atom. The Labute approximate surface area is 185 Å². The minimum atomic E-state index is -1.74. The number of rotatable bonds is 3. The SMILES string of the molecule is CC(C)(C)[Si](C)(C)O[C@H]1CC[C@@]2(C)C(=CCC3C2CC[C@]2(C)C(B(O)O)=CCC32)C1. The second-order valence-electron chi connectivity index (χ2n) is 12.7. The van der Waals surface area contributed by atoms with Gasteiger partial charge < -0.3 is 14.5 Å². The zero-order valence-corrected chi connectivity index (χ0v) is 21.3. The molecule has 0 aliphatic heterocycles. The number of hydrogen-bond acceptors (Lipinski definition) is 3. The molecule has 3 unspecified atom stereocenters. The van der Waals surface area contributed by atoms with E-state index >= 15 is 0 Å². The van der Waals surface area contributed by atoms with Crippen LogP contribution in [0.25, 0.3) is 0 Å². The molecule has 3 nitrogen and oxygen atoms in total. The van der Waals surface area contributed by atoms with Crippen LogP contribution in [0.5, 0.6) is 0 Å². The Balaban J connectivity index is 1.53. The van der Waals surface area contributed by atoms with Gasteiger partial charge in [-0.25, -0.2) is 0 Å². The predicted molar refractivity (Wildman–Crippen MR) is 127 cm³/mol. The molecule has 4 aliphatic carbocycles. The summed E-state index contributed by atoms with van der Waals surface area (Å²) in [7, 11) is -3.02. The van der Waals surface area contributed by atoms with E-state index in [4.69, 9.17) is 4.43 Å². The van der Waals surface area contributed by atoms with E-state index in [2.05, 4.69) is 59.9 Å². The van der Waals surface area contributed by atoms with Crippen molar-refractivity contribution in [3.8, 4) is 0 Å². The smallest absolute Gasteiger partial charge is 0.423 e. The van der Waals surface area contributed by atoms with Gasteiger partial charge in [0.25, 0.3) is 0 Å². The molecule has 168 valence electrons. The Morgan fingerprint density at radius 1 is 1.00 bits per heavy atom. The molecule has 4 rings (SSSR count). The topological polar surface area (TPSA) is 49.7 Å². The van der Waals surface area contributed by atoms with E-state index in [1.54, 1.807) is 5.57 Å². The van der Waals surface area contributed by atoms with Gasteiger partial charge in [-0.05, 0) is 97.1 Å². The first-order chi connectivity index (χ1) is 13.8. The average Bonchev–Trinajstić information content (AvgIpc) is 2.98. The first-order valence-electron chi connectivity index (χ1n) is 12.2. The monoisotopic (exact) mass is 430 g/mol. The van der Waals surface area contributed by atoms with Crippen molar-refractivity contribution in [3.05, 3.63) is 23.2 Å². The number of hydrogen-bond donors (Lipinski definition) is 2. The zero-order valence-electron chi connectivity index (χ0n) is 20.3. The lowest BCUT2D eigenvalue weighted by atomic mass is 9.45. The third kappa shape index (κ3) is 3.43. The summed E-state index contributed by atoms with van der Waals surface area (Å²) in [5.41, 5.74) is 2.82. The maximum Gasteiger partial charge on any atom is 0.484 e. The lowest BCUT2D eigenvalue weighted by Crippen LogP contribution is -2.52. The normalized spacial score (nSPS) is 41.4. The highest BCUT2D eigenvalue weighted by Crippen LogP contribution is 2.65. The molecule has 6 atom stereocenters. The van der Waals surface area contributed by atoms with Crippen molar-refractivity contribution >= 4 is 15.4 Å². The van der Waals surface area contributed by atoms with Crippen LogP contribution in [0.15, 0.2) is 23.2 Å². The Hall–Kier alpha value is -0.358. The summed E-state index contributed by atoms with van der Waals surface area (Å²) in [6.45, 7) is 16.6. The minimum absolute atomic E-state index is 0.0281. The molecular weight excluding hydrogens is 387 g/mol. The highest BCUT2D eigenvalue weighted by molar-refractivity contribution is 6.74. The summed E-state index contributed by atoms with van der Waals surface area (Å²) in [4.78, 5) is 0. The van der Waals surface area contributed by atoms with Crippen molar-refractivity contribution in [3.63, 3.8) is 0 Å². The van der Waals surface area contributed by atoms with Gasteiger partial charge in [-0.1, -0.05) is 52.3 Å². The summed E-state index contributed by atoms with van der Waals surface area (Å²) in [6, 6.07) is 0. The van der Waals surface area contributed by atoms with Gasteiger partial charge in [0.05, 0.1) is 0 Å². The highest BCUT2D eigenvalue weighted by Gasteiger charge is 2.58. The third-order valence-corrected chi connectivity index (χ3v) is 14.8. The summed E-state index contributed by atoms with van der Waals surface area (Å²) in [6.07, 6.45) is 13.1. The van der Waals surface area contributed by atoms with Crippen molar-refractivity contribution in [2.45, 2.75) is 104 Å². The molecule has 2 N–H and O–H groups in total. The molecule has 0 heterocycles. The fourth-order valence-corrected chi connectivity index (χ4v) is 8.71. The lowest BCUT2D eigenvalue weighted by molar-refractivity contribution is -0.0270. The van der Waals surface area contributed by atoms with Crippen LogP contribution in [0.3, 0.4) is 0 Å². The van der Waals surface area contributed by atoms with Crippen molar-refractivity contribution in [2.75, 3.05) is 0 Å². The molecule has 2 fully saturated rings. The Bertz CT molecular complexity index is 752. The van der Waals surface area contributed by atoms with Gasteiger partial charge in [-0.2, -0.15) is 0 Å². The highest BCUT2D eigenvalue weighted by atomic mass is 28.4. The van der Waals surface area contributed by atoms with Gasteiger partial charge in [0.1, 0.15) is 0 Å². The fraction of sp³-hybridized carbons (Fsp3) is 0.840. The van der Waals surface area contributed by atoms with Crippen molar-refractivity contribution in [2.24, 2.45) is 28.6 Å². The van der Waals surface area contributed by atoms with Gasteiger partial charge in [-0.3, -0.25) is 0 Å². The molecule has 0 bridgehead atoms. The molecule has 0 aromatic rings. The average molecular weight is 431 g/mol. The predicted octanol–water partition coefficient (Wildman–Crippen LogP) is 5.89. The van der Waals surface area contributed by atoms with Crippen LogP contribution in [0, 0.1) is 28.6 Å². The van der Waals surface area contributed by atoms with Crippen LogP contribution < -0.4 is 0 Å². The van der Waals surface area contributed by atoms with Crippen LogP contribution in [-0.4, -0.2) is 31.6 Å². The quantitative estimate of drug-likeness (QED) is 0.434. The van der Waals surface area contributed by atoms with E-state index in [9.17, 15) is 10.0 Å². The summed E-state index contributed by atoms with van der Waals surface area (Å²) in [5, 5.41) is 20.1. The number of allylic oxidation sites excluding steroid dienone is 3. The molecular formula is C25H43BO3Si. The second-order valence-corrected chi connectivity index (χ2v) is 17.5. The van der Waals surface area contributed by atoms with Crippen LogP contribution in [0.2, 0.25) is 18.1 Å². The van der Waals surface area contributed by atoms with Crippen molar-refractivity contribution in [1.82, 2.24) is 0 Å². The van der Waals surface area contributed by atoms with E-state index in [-0.39, 0.29) is 10.5 Å². The molecule has 0 amide bonds. The molecule has 0 aromatic heterocycles. The van der Waals surface area contributed by atoms with Crippen LogP contribution in [0.4, 0.5) is 0 Å². The van der Waals surface area contributed by atoms with Crippen molar-refractivity contribution in [1.29, 1.82) is 0 Å². The fourth-order valence-electron chi connectivity index (χ4n) is 7.32. The van der Waals surface area contributed by atoms with Gasteiger partial charge in [0, 0.05) is 6.10 Å². The van der Waals surface area contributed by atoms with Gasteiger partial charge in [-0.15, -0.1) is 0 Å². The maximum atomic E-state index is 9.93. The first-order valence-corrected chi connectivity index (χ1v) is 15.1. The lowest BCUT2D eigenvalue weighted by Gasteiger charge is -2.58. The number of fused-ring (bicyclic) bond motifs is 5. The zero-order chi connectivity index (χ0) is 22.1. The van der Waals surface area contributed by atoms with E-state index in [1.165, 1.54) is 19.3 Å². The largest absolute Gasteiger partial charge is 0.484 e. The van der Waals surface area contributed by atoms with E-state index in [0.29, 0.717) is 23.4 Å². The summed E-state index contributed by atoms with van der Waals surface area (Å²) >= 11 is 0. The van der Waals surface area contributed by atoms with Gasteiger partial charge in [0.2, 0.25) is 0 Å². The molecule has 0 spiro atoms. The van der Waals surface area contributed by atoms with Gasteiger partial charge in [0.15, 0.2) is 8.32 Å². The molecule has 0 aromatic carbocycles. The molecule has 2 saturated carbocycles. The summed E-state index contributed by atoms with van der Waals surface area (Å²) in [5.74, 6) is 1.96.